The fraction of sp³-hybridized carbons (Fsp3) is 0.769. The van der Waals surface area contributed by atoms with Crippen LogP contribution < -0.4 is 10.6 Å². The van der Waals surface area contributed by atoms with Gasteiger partial charge in [0.25, 0.3) is 0 Å². The van der Waals surface area contributed by atoms with E-state index < -0.39 is 0 Å². The number of nitrogens with one attached hydrogen (secondary N) is 2. The first-order valence-electron chi connectivity index (χ1n) is 7.18. The lowest BCUT2D eigenvalue weighted by atomic mass is 10.0. The van der Waals surface area contributed by atoms with E-state index in [-0.39, 0.29) is 17.8 Å². The third-order valence-electron chi connectivity index (χ3n) is 4.01. The number of rotatable bonds is 4. The smallest absolute Gasteiger partial charge is 0.322 e. The van der Waals surface area contributed by atoms with Crippen molar-refractivity contribution in [3.05, 3.63) is 5.89 Å². The molecular weight excluding hydrogens is 258 g/mol. The first-order chi connectivity index (χ1) is 9.61. The molecule has 2 aliphatic rings. The SMILES string of the molecule is CC(C)c1nnc(NC(=O)CN2C[C@H]3CNC[C@H]3C2)o1. The zero-order valence-electron chi connectivity index (χ0n) is 11.9. The predicted octanol–water partition coefficient (Wildman–Crippen LogP) is 0.283. The zero-order valence-corrected chi connectivity index (χ0v) is 11.9. The zero-order chi connectivity index (χ0) is 14.1. The second-order valence-electron chi connectivity index (χ2n) is 6.02. The molecule has 0 aliphatic carbocycles. The van der Waals surface area contributed by atoms with Crippen LogP contribution in [0.25, 0.3) is 0 Å². The molecule has 0 bridgehead atoms. The van der Waals surface area contributed by atoms with E-state index in [1.807, 2.05) is 13.8 Å². The van der Waals surface area contributed by atoms with E-state index in [1.54, 1.807) is 0 Å². The standard InChI is InChI=1S/C13H21N5O2/c1-8(2)12-16-17-13(20-12)15-11(19)7-18-5-9-3-14-4-10(9)6-18/h8-10,14H,3-7H2,1-2H3,(H,15,17,19)/t9-,10+. The minimum atomic E-state index is -0.0862. The summed E-state index contributed by atoms with van der Waals surface area (Å²) in [5.41, 5.74) is 0. The highest BCUT2D eigenvalue weighted by atomic mass is 16.4. The Morgan fingerprint density at radius 2 is 2.10 bits per heavy atom. The van der Waals surface area contributed by atoms with E-state index >= 15 is 0 Å². The maximum absolute atomic E-state index is 12.0. The quantitative estimate of drug-likeness (QED) is 0.824. The Hall–Kier alpha value is -1.47. The highest BCUT2D eigenvalue weighted by Gasteiger charge is 2.36. The van der Waals surface area contributed by atoms with Crippen molar-refractivity contribution in [3.63, 3.8) is 0 Å². The molecule has 2 atom stereocenters. The van der Waals surface area contributed by atoms with Gasteiger partial charge in [-0.2, -0.15) is 0 Å². The fourth-order valence-electron chi connectivity index (χ4n) is 2.96. The van der Waals surface area contributed by atoms with Crippen molar-refractivity contribution >= 4 is 11.9 Å². The summed E-state index contributed by atoms with van der Waals surface area (Å²) in [6.45, 7) is 8.46. The van der Waals surface area contributed by atoms with Crippen LogP contribution in [0.2, 0.25) is 0 Å². The van der Waals surface area contributed by atoms with Crippen molar-refractivity contribution in [2.75, 3.05) is 38.0 Å². The van der Waals surface area contributed by atoms with E-state index in [0.29, 0.717) is 24.3 Å². The van der Waals surface area contributed by atoms with Gasteiger partial charge in [-0.05, 0) is 24.9 Å². The number of likely N-dealkylation sites (tertiary alicyclic amines) is 1. The Kier molecular flexibility index (Phi) is 3.71. The van der Waals surface area contributed by atoms with Crippen molar-refractivity contribution in [1.82, 2.24) is 20.4 Å². The molecule has 110 valence electrons. The van der Waals surface area contributed by atoms with Crippen molar-refractivity contribution in [2.24, 2.45) is 11.8 Å². The molecule has 0 aromatic carbocycles. The molecule has 1 aromatic rings. The molecule has 0 spiro atoms. The molecule has 1 aromatic heterocycles. The Balaban J connectivity index is 1.49. The average molecular weight is 279 g/mol. The number of carbonyl (C=O) groups is 1. The summed E-state index contributed by atoms with van der Waals surface area (Å²) in [6.07, 6.45) is 0. The minimum Gasteiger partial charge on any atom is -0.408 e. The Morgan fingerprint density at radius 1 is 1.40 bits per heavy atom. The average Bonchev–Trinajstić information content (AvgIpc) is 3.03. The van der Waals surface area contributed by atoms with Gasteiger partial charge in [0, 0.05) is 19.0 Å². The number of aromatic nitrogens is 2. The fourth-order valence-corrected chi connectivity index (χ4v) is 2.96. The summed E-state index contributed by atoms with van der Waals surface area (Å²) < 4.78 is 5.37. The van der Waals surface area contributed by atoms with Crippen LogP contribution in [0.4, 0.5) is 6.01 Å². The van der Waals surface area contributed by atoms with Gasteiger partial charge >= 0.3 is 6.01 Å². The highest BCUT2D eigenvalue weighted by molar-refractivity contribution is 5.90. The molecule has 0 saturated carbocycles. The molecule has 2 saturated heterocycles. The summed E-state index contributed by atoms with van der Waals surface area (Å²) in [6, 6.07) is 0.194. The monoisotopic (exact) mass is 279 g/mol. The van der Waals surface area contributed by atoms with E-state index in [1.165, 1.54) is 0 Å². The Morgan fingerprint density at radius 3 is 2.70 bits per heavy atom. The maximum atomic E-state index is 12.0. The summed E-state index contributed by atoms with van der Waals surface area (Å²) >= 11 is 0. The van der Waals surface area contributed by atoms with Crippen molar-refractivity contribution in [1.29, 1.82) is 0 Å². The van der Waals surface area contributed by atoms with Crippen LogP contribution in [0.15, 0.2) is 4.42 Å². The van der Waals surface area contributed by atoms with Crippen LogP contribution in [-0.2, 0) is 4.79 Å². The van der Waals surface area contributed by atoms with Gasteiger partial charge in [0.05, 0.1) is 6.54 Å². The summed E-state index contributed by atoms with van der Waals surface area (Å²) in [5, 5.41) is 13.8. The second-order valence-corrected chi connectivity index (χ2v) is 6.02. The number of nitrogens with zero attached hydrogens (tertiary/aromatic N) is 3. The van der Waals surface area contributed by atoms with Crippen LogP contribution in [0.3, 0.4) is 0 Å². The van der Waals surface area contributed by atoms with Gasteiger partial charge in [0.2, 0.25) is 11.8 Å². The van der Waals surface area contributed by atoms with Crippen LogP contribution in [0.1, 0.15) is 25.7 Å². The van der Waals surface area contributed by atoms with Crippen molar-refractivity contribution in [2.45, 2.75) is 19.8 Å². The van der Waals surface area contributed by atoms with Gasteiger partial charge in [0.1, 0.15) is 0 Å². The Bertz CT molecular complexity index is 475. The summed E-state index contributed by atoms with van der Waals surface area (Å²) in [7, 11) is 0. The van der Waals surface area contributed by atoms with Crippen LogP contribution in [0.5, 0.6) is 0 Å². The molecule has 7 heteroatoms. The predicted molar refractivity (Wildman–Crippen MR) is 73.3 cm³/mol. The normalized spacial score (nSPS) is 26.1. The van der Waals surface area contributed by atoms with Gasteiger partial charge in [-0.25, -0.2) is 0 Å². The molecule has 3 heterocycles. The van der Waals surface area contributed by atoms with Gasteiger partial charge in [-0.3, -0.25) is 15.0 Å². The number of hydrogen-bond acceptors (Lipinski definition) is 6. The molecule has 2 fully saturated rings. The van der Waals surface area contributed by atoms with Crippen LogP contribution in [0, 0.1) is 11.8 Å². The molecule has 20 heavy (non-hydrogen) atoms. The first kappa shape index (κ1) is 13.5. The Labute approximate surface area is 118 Å². The van der Waals surface area contributed by atoms with Crippen molar-refractivity contribution < 1.29 is 9.21 Å². The van der Waals surface area contributed by atoms with Crippen LogP contribution in [-0.4, -0.2) is 53.7 Å². The number of fused-ring (bicyclic) bond motifs is 1. The molecule has 2 aliphatic heterocycles. The third-order valence-corrected chi connectivity index (χ3v) is 4.01. The summed E-state index contributed by atoms with van der Waals surface area (Å²) in [4.78, 5) is 14.2. The van der Waals surface area contributed by atoms with Gasteiger partial charge in [-0.1, -0.05) is 18.9 Å². The molecule has 1 amide bonds. The van der Waals surface area contributed by atoms with E-state index in [4.69, 9.17) is 4.42 Å². The number of anilines is 1. The number of amides is 1. The highest BCUT2D eigenvalue weighted by Crippen LogP contribution is 2.25. The number of hydrogen-bond donors (Lipinski definition) is 2. The van der Waals surface area contributed by atoms with Crippen molar-refractivity contribution in [3.8, 4) is 0 Å². The molecule has 2 N–H and O–H groups in total. The molecule has 7 nitrogen and oxygen atoms in total. The van der Waals surface area contributed by atoms with E-state index in [0.717, 1.165) is 26.2 Å². The van der Waals surface area contributed by atoms with E-state index in [9.17, 15) is 4.79 Å². The molecule has 0 unspecified atom stereocenters. The van der Waals surface area contributed by atoms with Gasteiger partial charge in [0.15, 0.2) is 0 Å². The van der Waals surface area contributed by atoms with E-state index in [2.05, 4.69) is 25.7 Å². The second kappa shape index (κ2) is 5.49. The lowest BCUT2D eigenvalue weighted by molar-refractivity contribution is -0.117. The van der Waals surface area contributed by atoms with Gasteiger partial charge < -0.3 is 9.73 Å². The summed E-state index contributed by atoms with van der Waals surface area (Å²) in [5.74, 6) is 2.01. The lowest BCUT2D eigenvalue weighted by Gasteiger charge is -2.15. The first-order valence-corrected chi connectivity index (χ1v) is 7.18. The molecule has 3 rings (SSSR count). The lowest BCUT2D eigenvalue weighted by Crippen LogP contribution is -2.33. The number of carbonyl (C=O) groups excluding carboxylic acids is 1. The maximum Gasteiger partial charge on any atom is 0.322 e. The largest absolute Gasteiger partial charge is 0.408 e. The third kappa shape index (κ3) is 2.83. The molecular formula is C13H21N5O2. The van der Waals surface area contributed by atoms with Gasteiger partial charge in [-0.15, -0.1) is 5.10 Å². The van der Waals surface area contributed by atoms with Crippen LogP contribution >= 0.6 is 0 Å². The minimum absolute atomic E-state index is 0.0862. The molecule has 0 radical (unpaired) electrons. The topological polar surface area (TPSA) is 83.3 Å².